The van der Waals surface area contributed by atoms with Crippen LogP contribution in [-0.4, -0.2) is 42.7 Å². The number of amidine groups is 1. The van der Waals surface area contributed by atoms with Gasteiger partial charge >= 0.3 is 0 Å². The fourth-order valence-electron chi connectivity index (χ4n) is 4.57. The van der Waals surface area contributed by atoms with Gasteiger partial charge in [0.05, 0.1) is 23.8 Å². The third-order valence-corrected chi connectivity index (χ3v) is 5.77. The summed E-state index contributed by atoms with van der Waals surface area (Å²) in [7, 11) is 0. The van der Waals surface area contributed by atoms with Crippen LogP contribution in [0.2, 0.25) is 0 Å². The summed E-state index contributed by atoms with van der Waals surface area (Å²) in [5, 5.41) is 0. The number of hydrogen-bond donors (Lipinski definition) is 0. The Labute approximate surface area is 152 Å². The molecule has 0 aromatic heterocycles. The molecule has 0 saturated carbocycles. The van der Waals surface area contributed by atoms with E-state index < -0.39 is 0 Å². The SMILES string of the molecule is CCN(CC)C1(C)C=CN=C2C1COCN2c1c(C)cc(C)cc1C. The maximum absolute atomic E-state index is 6.07. The highest BCUT2D eigenvalue weighted by atomic mass is 16.5. The number of rotatable bonds is 4. The molecule has 2 heterocycles. The smallest absolute Gasteiger partial charge is 0.124 e. The van der Waals surface area contributed by atoms with Crippen LogP contribution in [0, 0.1) is 26.7 Å². The lowest BCUT2D eigenvalue weighted by Crippen LogP contribution is -2.61. The van der Waals surface area contributed by atoms with Gasteiger partial charge in [0.15, 0.2) is 0 Å². The molecular weight excluding hydrogens is 310 g/mol. The minimum absolute atomic E-state index is 0.0637. The summed E-state index contributed by atoms with van der Waals surface area (Å²) in [5.41, 5.74) is 5.04. The van der Waals surface area contributed by atoms with E-state index in [0.717, 1.165) is 25.5 Å². The number of aliphatic imine (C=N–C) groups is 1. The van der Waals surface area contributed by atoms with Crippen molar-refractivity contribution in [3.05, 3.63) is 41.1 Å². The molecule has 0 N–H and O–H groups in total. The Hall–Kier alpha value is -1.65. The quantitative estimate of drug-likeness (QED) is 0.827. The van der Waals surface area contributed by atoms with Crippen LogP contribution in [0.5, 0.6) is 0 Å². The first kappa shape index (κ1) is 18.2. The molecular formula is C21H31N3O. The van der Waals surface area contributed by atoms with Crippen LogP contribution in [0.1, 0.15) is 37.5 Å². The fourth-order valence-corrected chi connectivity index (χ4v) is 4.57. The summed E-state index contributed by atoms with van der Waals surface area (Å²) >= 11 is 0. The van der Waals surface area contributed by atoms with Gasteiger partial charge in [0.2, 0.25) is 0 Å². The molecule has 2 atom stereocenters. The Kier molecular flexibility index (Phi) is 5.03. The van der Waals surface area contributed by atoms with Gasteiger partial charge < -0.3 is 9.64 Å². The van der Waals surface area contributed by atoms with E-state index in [-0.39, 0.29) is 11.5 Å². The van der Waals surface area contributed by atoms with Crippen molar-refractivity contribution in [2.45, 2.75) is 47.1 Å². The van der Waals surface area contributed by atoms with Crippen molar-refractivity contribution >= 4 is 11.5 Å². The van der Waals surface area contributed by atoms with Crippen molar-refractivity contribution in [1.82, 2.24) is 4.90 Å². The van der Waals surface area contributed by atoms with E-state index in [2.05, 4.69) is 69.6 Å². The van der Waals surface area contributed by atoms with E-state index in [4.69, 9.17) is 9.73 Å². The van der Waals surface area contributed by atoms with Crippen LogP contribution >= 0.6 is 0 Å². The van der Waals surface area contributed by atoms with Gasteiger partial charge in [0, 0.05) is 6.20 Å². The Morgan fingerprint density at radius 1 is 1.20 bits per heavy atom. The second-order valence-electron chi connectivity index (χ2n) is 7.43. The number of fused-ring (bicyclic) bond motifs is 1. The zero-order valence-electron chi connectivity index (χ0n) is 16.5. The fraction of sp³-hybridized carbons (Fsp3) is 0.571. The van der Waals surface area contributed by atoms with E-state index >= 15 is 0 Å². The summed E-state index contributed by atoms with van der Waals surface area (Å²) in [6.07, 6.45) is 4.23. The number of aryl methyl sites for hydroxylation is 3. The summed E-state index contributed by atoms with van der Waals surface area (Å²) in [6, 6.07) is 4.49. The number of nitrogens with zero attached hydrogens (tertiary/aromatic N) is 3. The molecule has 1 saturated heterocycles. The first-order valence-corrected chi connectivity index (χ1v) is 9.36. The van der Waals surface area contributed by atoms with Crippen LogP contribution in [0.4, 0.5) is 5.69 Å². The molecule has 0 aliphatic carbocycles. The van der Waals surface area contributed by atoms with Gasteiger partial charge in [-0.1, -0.05) is 31.5 Å². The zero-order chi connectivity index (χ0) is 18.2. The standard InChI is InChI=1S/C21H31N3O/c1-7-23(8-2)21(6)9-10-22-20-18(21)13-25-14-24(20)19-16(4)11-15(3)12-17(19)5/h9-12,18H,7-8,13-14H2,1-6H3. The second-order valence-corrected chi connectivity index (χ2v) is 7.43. The molecule has 25 heavy (non-hydrogen) atoms. The van der Waals surface area contributed by atoms with Gasteiger partial charge in [-0.3, -0.25) is 4.90 Å². The van der Waals surface area contributed by atoms with Gasteiger partial charge in [-0.05, 0) is 58.0 Å². The molecule has 2 unspecified atom stereocenters. The molecule has 0 radical (unpaired) electrons. The highest BCUT2D eigenvalue weighted by molar-refractivity contribution is 6.02. The van der Waals surface area contributed by atoms with E-state index in [1.165, 1.54) is 22.4 Å². The van der Waals surface area contributed by atoms with Crippen LogP contribution < -0.4 is 4.90 Å². The molecule has 4 heteroatoms. The predicted molar refractivity (Wildman–Crippen MR) is 105 cm³/mol. The molecule has 2 aliphatic rings. The molecule has 0 spiro atoms. The van der Waals surface area contributed by atoms with Gasteiger partial charge in [-0.2, -0.15) is 0 Å². The largest absolute Gasteiger partial charge is 0.360 e. The minimum atomic E-state index is -0.0637. The average Bonchev–Trinajstić information content (AvgIpc) is 2.56. The van der Waals surface area contributed by atoms with Crippen molar-refractivity contribution in [2.75, 3.05) is 31.3 Å². The normalized spacial score (nSPS) is 26.0. The number of likely N-dealkylation sites (N-methyl/N-ethyl adjacent to an activating group) is 1. The first-order chi connectivity index (χ1) is 11.9. The summed E-state index contributed by atoms with van der Waals surface area (Å²) in [4.78, 5) is 9.60. The van der Waals surface area contributed by atoms with Crippen molar-refractivity contribution < 1.29 is 4.74 Å². The Morgan fingerprint density at radius 2 is 1.84 bits per heavy atom. The molecule has 1 aromatic rings. The molecule has 0 bridgehead atoms. The summed E-state index contributed by atoms with van der Waals surface area (Å²) < 4.78 is 6.07. The summed E-state index contributed by atoms with van der Waals surface area (Å²) in [6.45, 7) is 16.6. The lowest BCUT2D eigenvalue weighted by Gasteiger charge is -2.49. The van der Waals surface area contributed by atoms with Crippen LogP contribution in [0.15, 0.2) is 29.4 Å². The van der Waals surface area contributed by atoms with Crippen molar-refractivity contribution in [3.8, 4) is 0 Å². The molecule has 1 fully saturated rings. The van der Waals surface area contributed by atoms with Gasteiger partial charge in [0.25, 0.3) is 0 Å². The summed E-state index contributed by atoms with van der Waals surface area (Å²) in [5.74, 6) is 1.38. The van der Waals surface area contributed by atoms with Crippen LogP contribution in [-0.2, 0) is 4.74 Å². The van der Waals surface area contributed by atoms with Crippen molar-refractivity contribution in [2.24, 2.45) is 10.9 Å². The first-order valence-electron chi connectivity index (χ1n) is 9.36. The monoisotopic (exact) mass is 341 g/mol. The number of benzene rings is 1. The van der Waals surface area contributed by atoms with E-state index in [1.54, 1.807) is 0 Å². The Balaban J connectivity index is 2.04. The molecule has 0 amide bonds. The predicted octanol–water partition coefficient (Wildman–Crippen LogP) is 4.05. The zero-order valence-corrected chi connectivity index (χ0v) is 16.5. The van der Waals surface area contributed by atoms with Crippen molar-refractivity contribution in [1.29, 1.82) is 0 Å². The number of anilines is 1. The minimum Gasteiger partial charge on any atom is -0.360 e. The van der Waals surface area contributed by atoms with Crippen LogP contribution in [0.25, 0.3) is 0 Å². The van der Waals surface area contributed by atoms with Gasteiger partial charge in [-0.25, -0.2) is 4.99 Å². The molecule has 2 aliphatic heterocycles. The van der Waals surface area contributed by atoms with E-state index in [1.807, 2.05) is 6.20 Å². The van der Waals surface area contributed by atoms with Gasteiger partial charge in [-0.15, -0.1) is 0 Å². The van der Waals surface area contributed by atoms with E-state index in [0.29, 0.717) is 6.73 Å². The van der Waals surface area contributed by atoms with Crippen LogP contribution in [0.3, 0.4) is 0 Å². The third-order valence-electron chi connectivity index (χ3n) is 5.77. The molecule has 1 aromatic carbocycles. The van der Waals surface area contributed by atoms with Crippen molar-refractivity contribution in [3.63, 3.8) is 0 Å². The maximum atomic E-state index is 6.07. The highest BCUT2D eigenvalue weighted by Crippen LogP contribution is 2.37. The second kappa shape index (κ2) is 6.93. The third kappa shape index (κ3) is 3.02. The molecule has 136 valence electrons. The maximum Gasteiger partial charge on any atom is 0.124 e. The number of ether oxygens (including phenoxy) is 1. The average molecular weight is 341 g/mol. The van der Waals surface area contributed by atoms with E-state index in [9.17, 15) is 0 Å². The molecule has 4 nitrogen and oxygen atoms in total. The lowest BCUT2D eigenvalue weighted by molar-refractivity contribution is 0.0380. The Morgan fingerprint density at radius 3 is 2.44 bits per heavy atom. The Bertz CT molecular complexity index is 682. The van der Waals surface area contributed by atoms with Gasteiger partial charge in [0.1, 0.15) is 12.6 Å². The molecule has 3 rings (SSSR count). The lowest BCUT2D eigenvalue weighted by atomic mass is 9.80. The highest BCUT2D eigenvalue weighted by Gasteiger charge is 2.45. The number of hydrogen-bond acceptors (Lipinski definition) is 4. The topological polar surface area (TPSA) is 28.1 Å².